The molecule has 156 valence electrons. The minimum atomic E-state index is -0.342. The van der Waals surface area contributed by atoms with Gasteiger partial charge in [-0.3, -0.25) is 10.2 Å². The van der Waals surface area contributed by atoms with Crippen LogP contribution in [-0.2, 0) is 4.74 Å². The van der Waals surface area contributed by atoms with Crippen LogP contribution >= 0.6 is 0 Å². The first kappa shape index (κ1) is 21.0. The largest absolute Gasteiger partial charge is 0.494 e. The first-order valence-electron chi connectivity index (χ1n) is 11.2. The van der Waals surface area contributed by atoms with Crippen LogP contribution in [0.1, 0.15) is 71.1 Å². The van der Waals surface area contributed by atoms with E-state index in [-0.39, 0.29) is 12.2 Å². The molecule has 1 aliphatic carbocycles. The molecular weight excluding hydrogens is 352 g/mol. The molecule has 1 aromatic rings. The minimum Gasteiger partial charge on any atom is -0.494 e. The number of carbonyl (C=O) groups is 1. The fourth-order valence-electron chi connectivity index (χ4n) is 4.34. The van der Waals surface area contributed by atoms with Crippen molar-refractivity contribution < 1.29 is 14.3 Å². The van der Waals surface area contributed by atoms with Gasteiger partial charge in [0.05, 0.1) is 6.61 Å². The number of nitrogens with one attached hydrogen (secondary N) is 1. The van der Waals surface area contributed by atoms with E-state index in [1.165, 1.54) is 38.5 Å². The number of hydrogen-bond acceptors (Lipinski definition) is 4. The lowest BCUT2D eigenvalue weighted by Crippen LogP contribution is -2.49. The summed E-state index contributed by atoms with van der Waals surface area (Å²) >= 11 is 0. The fourth-order valence-corrected chi connectivity index (χ4v) is 4.34. The topological polar surface area (TPSA) is 50.8 Å². The van der Waals surface area contributed by atoms with Crippen LogP contribution in [-0.4, -0.2) is 42.8 Å². The van der Waals surface area contributed by atoms with Crippen LogP contribution in [0.2, 0.25) is 0 Å². The highest BCUT2D eigenvalue weighted by atomic mass is 16.6. The van der Waals surface area contributed by atoms with E-state index >= 15 is 0 Å². The van der Waals surface area contributed by atoms with Gasteiger partial charge in [-0.05, 0) is 75.9 Å². The predicted octanol–water partition coefficient (Wildman–Crippen LogP) is 5.60. The van der Waals surface area contributed by atoms with E-state index in [0.29, 0.717) is 6.04 Å². The van der Waals surface area contributed by atoms with Crippen molar-refractivity contribution in [3.05, 3.63) is 24.3 Å². The molecule has 5 heteroatoms. The predicted molar refractivity (Wildman–Crippen MR) is 113 cm³/mol. The second-order valence-corrected chi connectivity index (χ2v) is 8.10. The molecule has 0 spiro atoms. The average molecular weight is 389 g/mol. The molecule has 0 bridgehead atoms. The molecular formula is C23H36N2O3. The van der Waals surface area contributed by atoms with Crippen molar-refractivity contribution in [1.82, 2.24) is 4.90 Å². The summed E-state index contributed by atoms with van der Waals surface area (Å²) in [7, 11) is 0. The molecule has 28 heavy (non-hydrogen) atoms. The number of likely N-dealkylation sites (tertiary alicyclic amines) is 1. The Kier molecular flexibility index (Phi) is 8.46. The Morgan fingerprint density at radius 1 is 1.04 bits per heavy atom. The summed E-state index contributed by atoms with van der Waals surface area (Å²) in [6.07, 6.45) is 11.5. The summed E-state index contributed by atoms with van der Waals surface area (Å²) < 4.78 is 11.6. The van der Waals surface area contributed by atoms with Crippen molar-refractivity contribution >= 4 is 11.8 Å². The van der Waals surface area contributed by atoms with Crippen molar-refractivity contribution in [2.24, 2.45) is 0 Å². The molecule has 5 nitrogen and oxygen atoms in total. The zero-order valence-electron chi connectivity index (χ0n) is 17.3. The molecule has 1 amide bonds. The lowest BCUT2D eigenvalue weighted by molar-refractivity contribution is 0.00174. The summed E-state index contributed by atoms with van der Waals surface area (Å²) in [5, 5.41) is 2.88. The number of amides is 1. The van der Waals surface area contributed by atoms with Gasteiger partial charge in [0.15, 0.2) is 0 Å². The Bertz CT molecular complexity index is 584. The first-order chi connectivity index (χ1) is 13.8. The Labute approximate surface area is 169 Å². The second kappa shape index (κ2) is 11.3. The van der Waals surface area contributed by atoms with Gasteiger partial charge in [-0.2, -0.15) is 0 Å². The van der Waals surface area contributed by atoms with E-state index in [0.717, 1.165) is 56.8 Å². The number of benzene rings is 1. The highest BCUT2D eigenvalue weighted by Gasteiger charge is 2.33. The van der Waals surface area contributed by atoms with Gasteiger partial charge in [-0.1, -0.05) is 32.6 Å². The monoisotopic (exact) mass is 388 g/mol. The van der Waals surface area contributed by atoms with Crippen LogP contribution in [0.15, 0.2) is 24.3 Å². The van der Waals surface area contributed by atoms with E-state index in [4.69, 9.17) is 9.47 Å². The smallest absolute Gasteiger partial charge is 0.411 e. The lowest BCUT2D eigenvalue weighted by Gasteiger charge is -2.41. The molecule has 1 heterocycles. The third kappa shape index (κ3) is 6.40. The van der Waals surface area contributed by atoms with E-state index in [9.17, 15) is 4.79 Å². The number of rotatable bonds is 8. The number of piperidine rings is 1. The van der Waals surface area contributed by atoms with Crippen molar-refractivity contribution in [2.75, 3.05) is 25.0 Å². The lowest BCUT2D eigenvalue weighted by atomic mass is 9.90. The van der Waals surface area contributed by atoms with E-state index < -0.39 is 0 Å². The number of anilines is 1. The number of hydrogen-bond donors (Lipinski definition) is 1. The van der Waals surface area contributed by atoms with Crippen LogP contribution < -0.4 is 10.1 Å². The fraction of sp³-hybridized carbons (Fsp3) is 0.696. The van der Waals surface area contributed by atoms with Gasteiger partial charge in [0.1, 0.15) is 11.9 Å². The van der Waals surface area contributed by atoms with Crippen molar-refractivity contribution in [2.45, 2.75) is 83.3 Å². The van der Waals surface area contributed by atoms with Crippen molar-refractivity contribution in [3.8, 4) is 5.75 Å². The van der Waals surface area contributed by atoms with Gasteiger partial charge >= 0.3 is 6.09 Å². The number of carbonyl (C=O) groups excluding carboxylic acids is 1. The second-order valence-electron chi connectivity index (χ2n) is 8.10. The van der Waals surface area contributed by atoms with Crippen LogP contribution in [0.3, 0.4) is 0 Å². The maximum Gasteiger partial charge on any atom is 0.411 e. The number of nitrogens with zero attached hydrogens (tertiary/aromatic N) is 1. The molecule has 2 atom stereocenters. The van der Waals surface area contributed by atoms with E-state index in [1.54, 1.807) is 0 Å². The quantitative estimate of drug-likeness (QED) is 0.589. The molecule has 0 radical (unpaired) electrons. The van der Waals surface area contributed by atoms with Crippen LogP contribution in [0.25, 0.3) is 0 Å². The van der Waals surface area contributed by atoms with Crippen molar-refractivity contribution in [3.63, 3.8) is 0 Å². The van der Waals surface area contributed by atoms with Crippen LogP contribution in [0, 0.1) is 0 Å². The molecule has 1 aliphatic heterocycles. The van der Waals surface area contributed by atoms with Gasteiger partial charge in [0, 0.05) is 11.7 Å². The molecule has 2 unspecified atom stereocenters. The zero-order chi connectivity index (χ0) is 19.6. The summed E-state index contributed by atoms with van der Waals surface area (Å²) in [5.74, 6) is 0.840. The molecule has 1 saturated carbocycles. The molecule has 0 aromatic heterocycles. The molecule has 2 aliphatic rings. The van der Waals surface area contributed by atoms with Gasteiger partial charge in [0.25, 0.3) is 0 Å². The maximum atomic E-state index is 12.5. The molecule has 3 rings (SSSR count). The molecule has 1 aromatic carbocycles. The summed E-state index contributed by atoms with van der Waals surface area (Å²) in [4.78, 5) is 15.0. The van der Waals surface area contributed by atoms with Crippen molar-refractivity contribution in [1.29, 1.82) is 0 Å². The highest BCUT2D eigenvalue weighted by Crippen LogP contribution is 2.28. The third-order valence-corrected chi connectivity index (χ3v) is 5.90. The van der Waals surface area contributed by atoms with Gasteiger partial charge < -0.3 is 9.47 Å². The normalized spacial score (nSPS) is 23.2. The highest BCUT2D eigenvalue weighted by molar-refractivity contribution is 5.84. The summed E-state index contributed by atoms with van der Waals surface area (Å²) in [6.45, 7) is 5.21. The summed E-state index contributed by atoms with van der Waals surface area (Å²) in [6, 6.07) is 7.94. The Hall–Kier alpha value is -1.75. The van der Waals surface area contributed by atoms with Crippen LogP contribution in [0.4, 0.5) is 10.5 Å². The Balaban J connectivity index is 1.47. The number of unbranched alkanes of at least 4 members (excludes halogenated alkanes) is 2. The van der Waals surface area contributed by atoms with Gasteiger partial charge in [0.2, 0.25) is 0 Å². The molecule has 1 N–H and O–H groups in total. The summed E-state index contributed by atoms with van der Waals surface area (Å²) in [5.41, 5.74) is 0.747. The van der Waals surface area contributed by atoms with Gasteiger partial charge in [-0.25, -0.2) is 4.79 Å². The van der Waals surface area contributed by atoms with Gasteiger partial charge in [-0.15, -0.1) is 0 Å². The zero-order valence-corrected chi connectivity index (χ0v) is 17.3. The number of ether oxygens (including phenoxy) is 2. The average Bonchev–Trinajstić information content (AvgIpc) is 2.73. The Morgan fingerprint density at radius 2 is 1.79 bits per heavy atom. The standard InChI is InChI=1S/C23H36N2O3/c1-2-3-9-18-27-20-14-12-19(13-15-20)24-23(26)28-22-11-6-5-10-21(22)25-16-7-4-8-17-25/h12-15,21-22H,2-11,16-18H2,1H3,(H,24,26). The molecule has 2 fully saturated rings. The van der Waals surface area contributed by atoms with E-state index in [2.05, 4.69) is 17.1 Å². The Morgan fingerprint density at radius 3 is 2.54 bits per heavy atom. The maximum absolute atomic E-state index is 12.5. The first-order valence-corrected chi connectivity index (χ1v) is 11.2. The minimum absolute atomic E-state index is 0.00743. The molecule has 1 saturated heterocycles. The van der Waals surface area contributed by atoms with Crippen LogP contribution in [0.5, 0.6) is 5.75 Å². The third-order valence-electron chi connectivity index (χ3n) is 5.90. The van der Waals surface area contributed by atoms with E-state index in [1.807, 2.05) is 24.3 Å². The SMILES string of the molecule is CCCCCOc1ccc(NC(=O)OC2CCCCC2N2CCCCC2)cc1.